The molecule has 0 amide bonds. The zero-order valence-electron chi connectivity index (χ0n) is 11.1. The smallest absolute Gasteiger partial charge is 0.0241 e. The van der Waals surface area contributed by atoms with Gasteiger partial charge in [0, 0.05) is 37.0 Å². The first-order valence-electron chi connectivity index (χ1n) is 6.57. The van der Waals surface area contributed by atoms with Crippen molar-refractivity contribution in [2.75, 3.05) is 24.6 Å². The molecule has 3 atom stereocenters. The fraction of sp³-hybridized carbons (Fsp3) is 1.00. The maximum absolute atomic E-state index is 3.58. The Kier molecular flexibility index (Phi) is 3.87. The average molecular weight is 242 g/mol. The van der Waals surface area contributed by atoms with Gasteiger partial charge >= 0.3 is 0 Å². The molecule has 2 aliphatic heterocycles. The third-order valence-electron chi connectivity index (χ3n) is 4.28. The minimum absolute atomic E-state index is 0.497. The fourth-order valence-corrected chi connectivity index (χ4v) is 4.65. The molecule has 2 heterocycles. The van der Waals surface area contributed by atoms with E-state index in [1.54, 1.807) is 0 Å². The van der Waals surface area contributed by atoms with Gasteiger partial charge in [0.2, 0.25) is 0 Å². The Morgan fingerprint density at radius 1 is 1.31 bits per heavy atom. The van der Waals surface area contributed by atoms with Crippen LogP contribution in [0.2, 0.25) is 0 Å². The van der Waals surface area contributed by atoms with Gasteiger partial charge in [-0.1, -0.05) is 13.8 Å². The largest absolute Gasteiger partial charge is 0.311 e. The second-order valence-electron chi connectivity index (χ2n) is 6.18. The Morgan fingerprint density at radius 3 is 2.75 bits per heavy atom. The number of hydrogen-bond acceptors (Lipinski definition) is 3. The van der Waals surface area contributed by atoms with E-state index >= 15 is 0 Å². The number of piperazine rings is 1. The Labute approximate surface area is 105 Å². The Bertz CT molecular complexity index is 242. The molecule has 2 nitrogen and oxygen atoms in total. The molecule has 2 rings (SSSR count). The maximum Gasteiger partial charge on any atom is 0.0241 e. The molecule has 2 aliphatic rings. The Hall–Kier alpha value is 0.270. The highest BCUT2D eigenvalue weighted by molar-refractivity contribution is 7.99. The number of hydrogen-bond donors (Lipinski definition) is 1. The van der Waals surface area contributed by atoms with Crippen LogP contribution >= 0.6 is 11.8 Å². The first-order chi connectivity index (χ1) is 7.50. The van der Waals surface area contributed by atoms with Crippen molar-refractivity contribution in [3.8, 4) is 0 Å². The summed E-state index contributed by atoms with van der Waals surface area (Å²) in [4.78, 5) is 2.76. The van der Waals surface area contributed by atoms with Crippen LogP contribution in [0.5, 0.6) is 0 Å². The molecule has 2 fully saturated rings. The molecule has 0 aliphatic carbocycles. The quantitative estimate of drug-likeness (QED) is 0.759. The average Bonchev–Trinajstić information content (AvgIpc) is 2.22. The van der Waals surface area contributed by atoms with Crippen LogP contribution in [0.3, 0.4) is 0 Å². The summed E-state index contributed by atoms with van der Waals surface area (Å²) < 4.78 is 0. The molecular weight excluding hydrogens is 216 g/mol. The number of thioether (sulfide) groups is 1. The van der Waals surface area contributed by atoms with E-state index < -0.39 is 0 Å². The lowest BCUT2D eigenvalue weighted by Gasteiger charge is -2.50. The summed E-state index contributed by atoms with van der Waals surface area (Å²) >= 11 is 2.14. The molecule has 0 aromatic carbocycles. The third kappa shape index (κ3) is 2.57. The summed E-state index contributed by atoms with van der Waals surface area (Å²) in [6, 6.07) is 2.11. The van der Waals surface area contributed by atoms with Gasteiger partial charge < -0.3 is 5.32 Å². The van der Waals surface area contributed by atoms with E-state index in [1.165, 1.54) is 24.5 Å². The van der Waals surface area contributed by atoms with Crippen LogP contribution in [-0.4, -0.2) is 47.6 Å². The first-order valence-corrected chi connectivity index (χ1v) is 7.73. The summed E-state index contributed by atoms with van der Waals surface area (Å²) in [6.07, 6.45) is 1.37. The third-order valence-corrected chi connectivity index (χ3v) is 5.33. The highest BCUT2D eigenvalue weighted by Gasteiger charge is 2.39. The molecule has 0 aromatic heterocycles. The molecule has 16 heavy (non-hydrogen) atoms. The topological polar surface area (TPSA) is 15.3 Å². The summed E-state index contributed by atoms with van der Waals surface area (Å²) in [6.45, 7) is 12.0. The zero-order chi connectivity index (χ0) is 11.8. The van der Waals surface area contributed by atoms with Gasteiger partial charge in [0.25, 0.3) is 0 Å². The van der Waals surface area contributed by atoms with Crippen LogP contribution in [0.4, 0.5) is 0 Å². The lowest BCUT2D eigenvalue weighted by molar-refractivity contribution is 0.0366. The van der Waals surface area contributed by atoms with Crippen molar-refractivity contribution in [3.05, 3.63) is 0 Å². The molecule has 0 spiro atoms. The molecular formula is C13H26N2S. The van der Waals surface area contributed by atoms with Crippen LogP contribution in [0, 0.1) is 5.41 Å². The van der Waals surface area contributed by atoms with E-state index in [4.69, 9.17) is 0 Å². The maximum atomic E-state index is 3.58. The SMILES string of the molecule is CC1CN(C2CSCCC2(C)C)C(C)CN1. The standard InChI is InChI=1S/C13H26N2S/c1-10-8-15(11(2)7-14-10)12-9-16-6-5-13(12,3)4/h10-12,14H,5-9H2,1-4H3. The minimum atomic E-state index is 0.497. The Morgan fingerprint density at radius 2 is 2.06 bits per heavy atom. The highest BCUT2D eigenvalue weighted by atomic mass is 32.2. The zero-order valence-corrected chi connectivity index (χ0v) is 11.9. The summed E-state index contributed by atoms with van der Waals surface area (Å²) in [5, 5.41) is 3.58. The van der Waals surface area contributed by atoms with Gasteiger partial charge in [-0.2, -0.15) is 11.8 Å². The highest BCUT2D eigenvalue weighted by Crippen LogP contribution is 2.38. The molecule has 1 N–H and O–H groups in total. The molecule has 0 aromatic rings. The van der Waals surface area contributed by atoms with E-state index in [0.29, 0.717) is 17.5 Å². The van der Waals surface area contributed by atoms with Crippen LogP contribution < -0.4 is 5.32 Å². The van der Waals surface area contributed by atoms with Gasteiger partial charge in [0.1, 0.15) is 0 Å². The second kappa shape index (κ2) is 4.87. The molecule has 2 saturated heterocycles. The monoisotopic (exact) mass is 242 g/mol. The number of nitrogens with zero attached hydrogens (tertiary/aromatic N) is 1. The summed E-state index contributed by atoms with van der Waals surface area (Å²) in [5.41, 5.74) is 0.497. The van der Waals surface area contributed by atoms with Crippen LogP contribution in [0.15, 0.2) is 0 Å². The Balaban J connectivity index is 2.08. The minimum Gasteiger partial charge on any atom is -0.311 e. The van der Waals surface area contributed by atoms with Crippen molar-refractivity contribution in [3.63, 3.8) is 0 Å². The van der Waals surface area contributed by atoms with Gasteiger partial charge in [-0.05, 0) is 31.4 Å². The van der Waals surface area contributed by atoms with Crippen LogP contribution in [0.1, 0.15) is 34.1 Å². The van der Waals surface area contributed by atoms with E-state index in [9.17, 15) is 0 Å². The van der Waals surface area contributed by atoms with Crippen molar-refractivity contribution in [1.82, 2.24) is 10.2 Å². The molecule has 0 saturated carbocycles. The van der Waals surface area contributed by atoms with Gasteiger partial charge in [-0.25, -0.2) is 0 Å². The van der Waals surface area contributed by atoms with E-state index in [1.807, 2.05) is 0 Å². The fourth-order valence-electron chi connectivity index (χ4n) is 2.95. The summed E-state index contributed by atoms with van der Waals surface area (Å²) in [7, 11) is 0. The van der Waals surface area contributed by atoms with E-state index in [0.717, 1.165) is 12.6 Å². The molecule has 0 bridgehead atoms. The lowest BCUT2D eigenvalue weighted by Crippen LogP contribution is -2.62. The van der Waals surface area contributed by atoms with Crippen LogP contribution in [0.25, 0.3) is 0 Å². The first kappa shape index (κ1) is 12.7. The summed E-state index contributed by atoms with van der Waals surface area (Å²) in [5.74, 6) is 2.67. The van der Waals surface area contributed by atoms with Gasteiger partial charge in [-0.15, -0.1) is 0 Å². The molecule has 3 unspecified atom stereocenters. The van der Waals surface area contributed by atoms with Crippen LogP contribution in [-0.2, 0) is 0 Å². The predicted molar refractivity (Wildman–Crippen MR) is 73.1 cm³/mol. The number of rotatable bonds is 1. The van der Waals surface area contributed by atoms with Crippen molar-refractivity contribution in [1.29, 1.82) is 0 Å². The molecule has 94 valence electrons. The van der Waals surface area contributed by atoms with Crippen molar-refractivity contribution in [2.24, 2.45) is 5.41 Å². The lowest BCUT2D eigenvalue weighted by atomic mass is 9.80. The van der Waals surface area contributed by atoms with Gasteiger partial charge in [-0.3, -0.25) is 4.90 Å². The van der Waals surface area contributed by atoms with Crippen molar-refractivity contribution >= 4 is 11.8 Å². The second-order valence-corrected chi connectivity index (χ2v) is 7.33. The van der Waals surface area contributed by atoms with E-state index in [2.05, 4.69) is 49.7 Å². The number of nitrogens with one attached hydrogen (secondary N) is 1. The van der Waals surface area contributed by atoms with Crippen molar-refractivity contribution < 1.29 is 0 Å². The molecule has 3 heteroatoms. The predicted octanol–water partition coefficient (Wildman–Crippen LogP) is 2.20. The van der Waals surface area contributed by atoms with E-state index in [-0.39, 0.29) is 0 Å². The molecule has 0 radical (unpaired) electrons. The van der Waals surface area contributed by atoms with Gasteiger partial charge in [0.05, 0.1) is 0 Å². The normalized spacial score (nSPS) is 40.9. The van der Waals surface area contributed by atoms with Crippen molar-refractivity contribution in [2.45, 2.75) is 52.2 Å². The van der Waals surface area contributed by atoms with Gasteiger partial charge in [0.15, 0.2) is 0 Å².